The van der Waals surface area contributed by atoms with Crippen LogP contribution in [0.5, 0.6) is 5.88 Å². The second-order valence-electron chi connectivity index (χ2n) is 2.73. The van der Waals surface area contributed by atoms with Gasteiger partial charge < -0.3 is 10.5 Å². The molecule has 0 unspecified atom stereocenters. The molecule has 0 radical (unpaired) electrons. The summed E-state index contributed by atoms with van der Waals surface area (Å²) in [5.41, 5.74) is 5.02. The number of ether oxygens (including phenoxy) is 1. The molecule has 6 nitrogen and oxygen atoms in total. The summed E-state index contributed by atoms with van der Waals surface area (Å²) in [4.78, 5) is 13.8. The van der Waals surface area contributed by atoms with E-state index in [0.29, 0.717) is 19.6 Å². The van der Waals surface area contributed by atoms with Gasteiger partial charge in [0.05, 0.1) is 22.7 Å². The molecule has 1 aromatic heterocycles. The third-order valence-corrected chi connectivity index (χ3v) is 1.79. The lowest BCUT2D eigenvalue weighted by Crippen LogP contribution is -2.08. The van der Waals surface area contributed by atoms with Gasteiger partial charge in [0.1, 0.15) is 0 Å². The lowest BCUT2D eigenvalue weighted by Gasteiger charge is -2.04. The van der Waals surface area contributed by atoms with Crippen LogP contribution in [0.2, 0.25) is 5.02 Å². The van der Waals surface area contributed by atoms with Crippen molar-refractivity contribution in [3.05, 3.63) is 27.4 Å². The van der Waals surface area contributed by atoms with Crippen LogP contribution < -0.4 is 10.5 Å². The maximum Gasteiger partial charge on any atom is 0.332 e. The Balaban J connectivity index is 2.81. The third kappa shape index (κ3) is 3.34. The van der Waals surface area contributed by atoms with Crippen LogP contribution in [0, 0.1) is 10.1 Å². The van der Waals surface area contributed by atoms with Gasteiger partial charge in [-0.2, -0.15) is 0 Å². The highest BCUT2D eigenvalue weighted by atomic mass is 35.5. The fourth-order valence-electron chi connectivity index (χ4n) is 0.910. The van der Waals surface area contributed by atoms with E-state index in [1.54, 1.807) is 0 Å². The fraction of sp³-hybridized carbons (Fsp3) is 0.375. The van der Waals surface area contributed by atoms with Gasteiger partial charge in [-0.15, -0.1) is 0 Å². The molecule has 0 saturated heterocycles. The normalized spacial score (nSPS) is 10.0. The van der Waals surface area contributed by atoms with Crippen LogP contribution in [-0.2, 0) is 0 Å². The third-order valence-electron chi connectivity index (χ3n) is 1.58. The van der Waals surface area contributed by atoms with Gasteiger partial charge >= 0.3 is 5.69 Å². The lowest BCUT2D eigenvalue weighted by atomic mass is 10.4. The lowest BCUT2D eigenvalue weighted by molar-refractivity contribution is -0.386. The number of pyridine rings is 1. The van der Waals surface area contributed by atoms with Crippen molar-refractivity contribution in [1.82, 2.24) is 4.98 Å². The van der Waals surface area contributed by atoms with Crippen LogP contribution in [0.1, 0.15) is 6.42 Å². The Morgan fingerprint density at radius 1 is 1.67 bits per heavy atom. The highest BCUT2D eigenvalue weighted by Crippen LogP contribution is 2.26. The first-order valence-electron chi connectivity index (χ1n) is 4.28. The summed E-state index contributed by atoms with van der Waals surface area (Å²) in [7, 11) is 0. The number of aromatic nitrogens is 1. The molecule has 0 spiro atoms. The summed E-state index contributed by atoms with van der Waals surface area (Å²) in [6.45, 7) is 0.757. The van der Waals surface area contributed by atoms with Crippen molar-refractivity contribution in [1.29, 1.82) is 0 Å². The van der Waals surface area contributed by atoms with Crippen LogP contribution in [0.25, 0.3) is 0 Å². The van der Waals surface area contributed by atoms with E-state index in [2.05, 4.69) is 4.98 Å². The van der Waals surface area contributed by atoms with Crippen LogP contribution in [0.4, 0.5) is 5.69 Å². The van der Waals surface area contributed by atoms with Crippen LogP contribution in [-0.4, -0.2) is 23.1 Å². The molecule has 0 aromatic carbocycles. The molecule has 0 bridgehead atoms. The van der Waals surface area contributed by atoms with Gasteiger partial charge in [0, 0.05) is 6.07 Å². The smallest absolute Gasteiger partial charge is 0.332 e. The van der Waals surface area contributed by atoms with E-state index in [9.17, 15) is 10.1 Å². The predicted molar refractivity (Wildman–Crippen MR) is 55.1 cm³/mol. The molecule has 0 amide bonds. The highest BCUT2D eigenvalue weighted by Gasteiger charge is 2.17. The molecule has 82 valence electrons. The highest BCUT2D eigenvalue weighted by molar-refractivity contribution is 6.30. The van der Waals surface area contributed by atoms with Crippen LogP contribution >= 0.6 is 11.6 Å². The molecule has 15 heavy (non-hydrogen) atoms. The van der Waals surface area contributed by atoms with Crippen molar-refractivity contribution in [2.24, 2.45) is 5.73 Å². The van der Waals surface area contributed by atoms with Crippen molar-refractivity contribution in [3.63, 3.8) is 0 Å². The van der Waals surface area contributed by atoms with Crippen LogP contribution in [0.3, 0.4) is 0 Å². The van der Waals surface area contributed by atoms with Gasteiger partial charge in [0.15, 0.2) is 0 Å². The average Bonchev–Trinajstić information content (AvgIpc) is 2.20. The van der Waals surface area contributed by atoms with Gasteiger partial charge in [-0.25, -0.2) is 4.98 Å². The maximum atomic E-state index is 10.6. The topological polar surface area (TPSA) is 91.3 Å². The second-order valence-corrected chi connectivity index (χ2v) is 3.16. The van der Waals surface area contributed by atoms with Crippen molar-refractivity contribution < 1.29 is 9.66 Å². The Morgan fingerprint density at radius 3 is 3.00 bits per heavy atom. The fourth-order valence-corrected chi connectivity index (χ4v) is 1.06. The number of rotatable bonds is 5. The maximum absolute atomic E-state index is 10.6. The van der Waals surface area contributed by atoms with E-state index in [4.69, 9.17) is 22.1 Å². The molecular weight excluding hydrogens is 222 g/mol. The van der Waals surface area contributed by atoms with E-state index < -0.39 is 4.92 Å². The predicted octanol–water partition coefficient (Wildman–Crippen LogP) is 1.37. The zero-order valence-corrected chi connectivity index (χ0v) is 8.61. The minimum atomic E-state index is -0.587. The summed E-state index contributed by atoms with van der Waals surface area (Å²) in [5.74, 6) is -0.0298. The minimum Gasteiger partial charge on any atom is -0.473 e. The summed E-state index contributed by atoms with van der Waals surface area (Å²) in [6.07, 6.45) is 1.91. The molecular formula is C8H10ClN3O3. The Hall–Kier alpha value is -1.40. The zero-order chi connectivity index (χ0) is 11.3. The first-order chi connectivity index (χ1) is 7.15. The monoisotopic (exact) mass is 231 g/mol. The summed E-state index contributed by atoms with van der Waals surface area (Å²) < 4.78 is 5.10. The zero-order valence-electron chi connectivity index (χ0n) is 7.85. The Kier molecular flexibility index (Phi) is 4.26. The summed E-state index contributed by atoms with van der Waals surface area (Å²) >= 11 is 5.58. The number of nitrogens with zero attached hydrogens (tertiary/aromatic N) is 2. The molecule has 1 aromatic rings. The van der Waals surface area contributed by atoms with Crippen molar-refractivity contribution in [2.75, 3.05) is 13.2 Å². The first kappa shape index (κ1) is 11.7. The first-order valence-corrected chi connectivity index (χ1v) is 4.65. The number of halogens is 1. The molecule has 0 saturated carbocycles. The second kappa shape index (κ2) is 5.47. The quantitative estimate of drug-likeness (QED) is 0.469. The van der Waals surface area contributed by atoms with E-state index in [0.717, 1.165) is 0 Å². The Labute approximate surface area is 91.2 Å². The van der Waals surface area contributed by atoms with E-state index >= 15 is 0 Å². The van der Waals surface area contributed by atoms with Gasteiger partial charge in [-0.3, -0.25) is 10.1 Å². The number of hydrogen-bond donors (Lipinski definition) is 1. The van der Waals surface area contributed by atoms with Gasteiger partial charge in [-0.1, -0.05) is 11.6 Å². The van der Waals surface area contributed by atoms with Gasteiger partial charge in [-0.05, 0) is 13.0 Å². The molecule has 7 heteroatoms. The van der Waals surface area contributed by atoms with Crippen molar-refractivity contribution >= 4 is 17.3 Å². The Bertz CT molecular complexity index is 359. The molecule has 1 rings (SSSR count). The molecule has 0 fully saturated rings. The van der Waals surface area contributed by atoms with Crippen LogP contribution in [0.15, 0.2) is 12.3 Å². The molecule has 1 heterocycles. The standard InChI is InChI=1S/C8H10ClN3O3/c9-6-4-7(12(13)14)8(11-5-6)15-3-1-2-10/h4-5H,1-3,10H2. The van der Waals surface area contributed by atoms with E-state index in [1.807, 2.05) is 0 Å². The largest absolute Gasteiger partial charge is 0.473 e. The van der Waals surface area contributed by atoms with Crippen molar-refractivity contribution in [2.45, 2.75) is 6.42 Å². The van der Waals surface area contributed by atoms with Gasteiger partial charge in [0.2, 0.25) is 0 Å². The molecule has 0 aliphatic rings. The summed E-state index contributed by atoms with van der Waals surface area (Å²) in [5, 5.41) is 10.8. The van der Waals surface area contributed by atoms with Crippen molar-refractivity contribution in [3.8, 4) is 5.88 Å². The Morgan fingerprint density at radius 2 is 2.40 bits per heavy atom. The number of nitrogens with two attached hydrogens (primary N) is 1. The van der Waals surface area contributed by atoms with Gasteiger partial charge in [0.25, 0.3) is 5.88 Å². The molecule has 0 aliphatic heterocycles. The number of hydrogen-bond acceptors (Lipinski definition) is 5. The molecule has 0 aliphatic carbocycles. The molecule has 2 N–H and O–H groups in total. The number of nitro groups is 1. The van der Waals surface area contributed by atoms with E-state index in [1.165, 1.54) is 12.3 Å². The van der Waals surface area contributed by atoms with E-state index in [-0.39, 0.29) is 16.6 Å². The average molecular weight is 232 g/mol. The molecule has 0 atom stereocenters. The minimum absolute atomic E-state index is 0.0298. The summed E-state index contributed by atoms with van der Waals surface area (Å²) in [6, 6.07) is 1.20. The SMILES string of the molecule is NCCCOc1ncc(Cl)cc1[N+](=O)[O-].